The highest BCUT2D eigenvalue weighted by atomic mass is 32.2. The van der Waals surface area contributed by atoms with Crippen molar-refractivity contribution in [2.24, 2.45) is 0 Å². The molecule has 20 heavy (non-hydrogen) atoms. The Morgan fingerprint density at radius 3 is 1.95 bits per heavy atom. The molecule has 0 fully saturated rings. The Morgan fingerprint density at radius 1 is 1.05 bits per heavy atom. The molecule has 0 aliphatic heterocycles. The molecule has 0 aliphatic carbocycles. The lowest BCUT2D eigenvalue weighted by Gasteiger charge is -2.08. The zero-order chi connectivity index (χ0) is 15.6. The van der Waals surface area contributed by atoms with Gasteiger partial charge in [-0.05, 0) is 6.42 Å². The van der Waals surface area contributed by atoms with Crippen molar-refractivity contribution in [3.05, 3.63) is 30.6 Å². The Bertz CT molecular complexity index is 461. The molecule has 0 atom stereocenters. The van der Waals surface area contributed by atoms with E-state index in [9.17, 15) is 13.2 Å². The van der Waals surface area contributed by atoms with Crippen molar-refractivity contribution in [2.45, 2.75) is 44.7 Å². The third-order valence-electron chi connectivity index (χ3n) is 2.33. The standard InChI is InChI=1S/C11H18N.CHF3O3S/c1-2-3-4-6-9-12-10-7-5-8-11-12;2-1(3,4)8(5,6)7/h5,7-8,10-11H,2-4,6,9H2,1H3;(H,5,6,7)/q+1;/p-1. The molecule has 0 radical (unpaired) electrons. The summed E-state index contributed by atoms with van der Waals surface area (Å²) in [4.78, 5) is 0. The number of unbranched alkanes of at least 4 members (excludes halogenated alkanes) is 3. The lowest BCUT2D eigenvalue weighted by atomic mass is 10.2. The van der Waals surface area contributed by atoms with Crippen LogP contribution in [0, 0.1) is 0 Å². The minimum absolute atomic E-state index is 1.17. The Kier molecular flexibility index (Phi) is 8.40. The van der Waals surface area contributed by atoms with Crippen molar-refractivity contribution in [3.63, 3.8) is 0 Å². The highest BCUT2D eigenvalue weighted by Gasteiger charge is 2.36. The molecule has 0 saturated carbocycles. The Morgan fingerprint density at radius 2 is 1.55 bits per heavy atom. The Labute approximate surface area is 117 Å². The van der Waals surface area contributed by atoms with E-state index >= 15 is 0 Å². The first-order valence-corrected chi connectivity index (χ1v) is 7.55. The maximum absolute atomic E-state index is 10.7. The number of aromatic nitrogens is 1. The Hall–Kier alpha value is -1.15. The number of hydrogen-bond donors (Lipinski definition) is 0. The van der Waals surface area contributed by atoms with E-state index in [1.807, 2.05) is 0 Å². The average molecular weight is 313 g/mol. The molecule has 1 heterocycles. The second-order valence-corrected chi connectivity index (χ2v) is 5.45. The van der Waals surface area contributed by atoms with Crippen LogP contribution in [0.1, 0.15) is 32.6 Å². The van der Waals surface area contributed by atoms with Crippen LogP contribution >= 0.6 is 0 Å². The van der Waals surface area contributed by atoms with Gasteiger partial charge in [-0.3, -0.25) is 0 Å². The summed E-state index contributed by atoms with van der Waals surface area (Å²) in [6.07, 6.45) is 9.62. The van der Waals surface area contributed by atoms with Crippen molar-refractivity contribution in [1.29, 1.82) is 0 Å². The molecule has 1 rings (SSSR count). The summed E-state index contributed by atoms with van der Waals surface area (Å²) in [5, 5.41) is 0. The summed E-state index contributed by atoms with van der Waals surface area (Å²) in [5.74, 6) is 0. The third-order valence-corrected chi connectivity index (χ3v) is 2.90. The monoisotopic (exact) mass is 313 g/mol. The number of pyridine rings is 1. The van der Waals surface area contributed by atoms with E-state index in [1.54, 1.807) is 0 Å². The van der Waals surface area contributed by atoms with Gasteiger partial charge in [0.05, 0.1) is 0 Å². The van der Waals surface area contributed by atoms with E-state index in [-0.39, 0.29) is 0 Å². The molecule has 0 aromatic carbocycles. The van der Waals surface area contributed by atoms with Gasteiger partial charge in [-0.15, -0.1) is 0 Å². The highest BCUT2D eigenvalue weighted by Crippen LogP contribution is 2.20. The number of nitrogens with zero attached hydrogens (tertiary/aromatic N) is 1. The van der Waals surface area contributed by atoms with Crippen LogP contribution in [-0.2, 0) is 16.7 Å². The maximum atomic E-state index is 10.7. The topological polar surface area (TPSA) is 61.1 Å². The van der Waals surface area contributed by atoms with E-state index in [2.05, 4.69) is 42.1 Å². The molecule has 0 spiro atoms. The van der Waals surface area contributed by atoms with Gasteiger partial charge in [-0.25, -0.2) is 13.0 Å². The number of rotatable bonds is 5. The zero-order valence-electron chi connectivity index (χ0n) is 11.1. The minimum Gasteiger partial charge on any atom is -0.741 e. The SMILES string of the molecule is CCCCCC[n+]1ccccc1.O=S(=O)([O-])C(F)(F)F. The molecule has 0 aliphatic rings. The molecule has 0 saturated heterocycles. The van der Waals surface area contributed by atoms with Crippen molar-refractivity contribution in [2.75, 3.05) is 0 Å². The first-order valence-electron chi connectivity index (χ1n) is 6.14. The van der Waals surface area contributed by atoms with E-state index in [0.29, 0.717) is 0 Å². The zero-order valence-corrected chi connectivity index (χ0v) is 12.0. The molecule has 0 amide bonds. The maximum Gasteiger partial charge on any atom is 0.485 e. The number of aryl methyl sites for hydroxylation is 1. The number of alkyl halides is 3. The summed E-state index contributed by atoms with van der Waals surface area (Å²) in [5.41, 5.74) is -5.65. The fourth-order valence-electron chi connectivity index (χ4n) is 1.30. The van der Waals surface area contributed by atoms with Gasteiger partial charge in [0.15, 0.2) is 22.5 Å². The lowest BCUT2D eigenvalue weighted by molar-refractivity contribution is -0.697. The molecule has 116 valence electrons. The van der Waals surface area contributed by atoms with Crippen LogP contribution in [0.25, 0.3) is 0 Å². The van der Waals surface area contributed by atoms with Gasteiger partial charge < -0.3 is 4.55 Å². The summed E-state index contributed by atoms with van der Waals surface area (Å²) >= 11 is 0. The molecular formula is C12H18F3NO3S. The number of halogens is 3. The first kappa shape index (κ1) is 18.9. The lowest BCUT2D eigenvalue weighted by Crippen LogP contribution is -2.32. The molecule has 8 heteroatoms. The van der Waals surface area contributed by atoms with E-state index in [0.717, 1.165) is 0 Å². The van der Waals surface area contributed by atoms with Crippen molar-refractivity contribution in [3.8, 4) is 0 Å². The molecular weight excluding hydrogens is 295 g/mol. The predicted molar refractivity (Wildman–Crippen MR) is 66.5 cm³/mol. The Balaban J connectivity index is 0.000000396. The molecule has 1 aromatic rings. The highest BCUT2D eigenvalue weighted by molar-refractivity contribution is 7.86. The van der Waals surface area contributed by atoms with Gasteiger partial charge in [0.2, 0.25) is 0 Å². The quantitative estimate of drug-likeness (QED) is 0.363. The van der Waals surface area contributed by atoms with Crippen molar-refractivity contribution in [1.82, 2.24) is 0 Å². The van der Waals surface area contributed by atoms with Crippen LogP contribution in [0.15, 0.2) is 30.6 Å². The summed E-state index contributed by atoms with van der Waals surface area (Å²) in [6, 6.07) is 6.22. The van der Waals surface area contributed by atoms with E-state index < -0.39 is 15.6 Å². The van der Waals surface area contributed by atoms with Gasteiger partial charge in [-0.1, -0.05) is 25.8 Å². The van der Waals surface area contributed by atoms with Crippen LogP contribution in [0.5, 0.6) is 0 Å². The normalized spacial score (nSPS) is 11.7. The van der Waals surface area contributed by atoms with Crippen LogP contribution < -0.4 is 4.57 Å². The van der Waals surface area contributed by atoms with Gasteiger partial charge in [0.1, 0.15) is 6.54 Å². The van der Waals surface area contributed by atoms with Crippen LogP contribution in [0.2, 0.25) is 0 Å². The largest absolute Gasteiger partial charge is 0.741 e. The van der Waals surface area contributed by atoms with Crippen LogP contribution in [-0.4, -0.2) is 18.5 Å². The first-order chi connectivity index (χ1) is 9.18. The fourth-order valence-corrected chi connectivity index (χ4v) is 1.30. The summed E-state index contributed by atoms with van der Waals surface area (Å²) in [7, 11) is -6.09. The molecule has 0 unspecified atom stereocenters. The van der Waals surface area contributed by atoms with Gasteiger partial charge >= 0.3 is 5.51 Å². The molecule has 0 N–H and O–H groups in total. The fraction of sp³-hybridized carbons (Fsp3) is 0.583. The molecule has 1 aromatic heterocycles. The van der Waals surface area contributed by atoms with Crippen molar-refractivity contribution < 1.29 is 30.7 Å². The van der Waals surface area contributed by atoms with E-state index in [4.69, 9.17) is 13.0 Å². The second-order valence-electron chi connectivity index (χ2n) is 4.07. The van der Waals surface area contributed by atoms with Crippen molar-refractivity contribution >= 4 is 10.1 Å². The minimum atomic E-state index is -6.09. The van der Waals surface area contributed by atoms with Crippen LogP contribution in [0.4, 0.5) is 13.2 Å². The predicted octanol–water partition coefficient (Wildman–Crippen LogP) is 2.61. The molecule has 0 bridgehead atoms. The van der Waals surface area contributed by atoms with Gasteiger partial charge in [-0.2, -0.15) is 13.2 Å². The van der Waals surface area contributed by atoms with Gasteiger partial charge in [0, 0.05) is 18.6 Å². The third kappa shape index (κ3) is 8.87. The molecule has 4 nitrogen and oxygen atoms in total. The van der Waals surface area contributed by atoms with Gasteiger partial charge in [0.25, 0.3) is 0 Å². The van der Waals surface area contributed by atoms with E-state index in [1.165, 1.54) is 32.2 Å². The summed E-state index contributed by atoms with van der Waals surface area (Å²) in [6.45, 7) is 3.41. The van der Waals surface area contributed by atoms with Crippen LogP contribution in [0.3, 0.4) is 0 Å². The second kappa shape index (κ2) is 8.91. The number of hydrogen-bond acceptors (Lipinski definition) is 3. The smallest absolute Gasteiger partial charge is 0.485 e. The average Bonchev–Trinajstić information content (AvgIpc) is 2.34. The summed E-state index contributed by atoms with van der Waals surface area (Å²) < 4.78 is 61.1.